The lowest BCUT2D eigenvalue weighted by atomic mass is 9.74. The van der Waals surface area contributed by atoms with Crippen LogP contribution in [0.4, 0.5) is 0 Å². The van der Waals surface area contributed by atoms with E-state index in [2.05, 4.69) is 33.4 Å². The predicted molar refractivity (Wildman–Crippen MR) is 66.2 cm³/mol. The molecule has 0 fully saturated rings. The second kappa shape index (κ2) is 7.84. The third-order valence-electron chi connectivity index (χ3n) is 2.97. The number of allylic oxidation sites excluding steroid dienone is 2. The standard InChI is InChI=1S/C14H25/c1-5-9-10-13-14(8-4,11-6-2)12-7-3/h6-7,10H,2-3,5,8-9,11-13H2,1,4H3. The van der Waals surface area contributed by atoms with Crippen LogP contribution < -0.4 is 0 Å². The normalized spacial score (nSPS) is 11.3. The van der Waals surface area contributed by atoms with E-state index < -0.39 is 0 Å². The Bertz CT molecular complexity index is 145. The van der Waals surface area contributed by atoms with Crippen molar-refractivity contribution >= 4 is 0 Å². The van der Waals surface area contributed by atoms with Gasteiger partial charge in [0.2, 0.25) is 0 Å². The van der Waals surface area contributed by atoms with Crippen LogP contribution in [-0.2, 0) is 0 Å². The van der Waals surface area contributed by atoms with Gasteiger partial charge in [-0.05, 0) is 37.5 Å². The van der Waals surface area contributed by atoms with Crippen LogP contribution in [0, 0.1) is 11.8 Å². The van der Waals surface area contributed by atoms with Crippen LogP contribution in [-0.4, -0.2) is 0 Å². The van der Waals surface area contributed by atoms with Crippen molar-refractivity contribution in [3.8, 4) is 0 Å². The topological polar surface area (TPSA) is 0 Å². The van der Waals surface area contributed by atoms with Crippen LogP contribution in [0.2, 0.25) is 0 Å². The molecular formula is C14H25. The summed E-state index contributed by atoms with van der Waals surface area (Å²) in [6.45, 7) is 12.2. The summed E-state index contributed by atoms with van der Waals surface area (Å²) in [5.41, 5.74) is 0.401. The maximum atomic E-state index is 3.86. The summed E-state index contributed by atoms with van der Waals surface area (Å²) in [5, 5.41) is 0. The lowest BCUT2D eigenvalue weighted by molar-refractivity contribution is 0.273. The molecule has 0 bridgehead atoms. The molecular weight excluding hydrogens is 168 g/mol. The average molecular weight is 193 g/mol. The summed E-state index contributed by atoms with van der Waals surface area (Å²) in [5.74, 6) is 0. The molecule has 0 heteroatoms. The minimum atomic E-state index is 0.401. The van der Waals surface area contributed by atoms with Crippen LogP contribution in [0.3, 0.4) is 0 Å². The van der Waals surface area contributed by atoms with Crippen molar-refractivity contribution in [1.82, 2.24) is 0 Å². The Kier molecular flexibility index (Phi) is 7.55. The third-order valence-corrected chi connectivity index (χ3v) is 2.97. The number of unbranched alkanes of at least 4 members (excludes halogenated alkanes) is 2. The zero-order valence-electron chi connectivity index (χ0n) is 9.89. The number of rotatable bonds is 9. The molecule has 0 aliphatic carbocycles. The molecule has 0 saturated carbocycles. The molecule has 0 unspecified atom stereocenters. The van der Waals surface area contributed by atoms with Gasteiger partial charge in [0.1, 0.15) is 0 Å². The highest BCUT2D eigenvalue weighted by Crippen LogP contribution is 2.36. The summed E-state index contributed by atoms with van der Waals surface area (Å²) in [6, 6.07) is 0. The van der Waals surface area contributed by atoms with Crippen molar-refractivity contribution < 1.29 is 0 Å². The highest BCUT2D eigenvalue weighted by atomic mass is 14.3. The van der Waals surface area contributed by atoms with Crippen LogP contribution in [0.1, 0.15) is 52.4 Å². The molecule has 0 spiro atoms. The van der Waals surface area contributed by atoms with Gasteiger partial charge in [-0.1, -0.05) is 38.8 Å². The largest absolute Gasteiger partial charge is 0.103 e. The van der Waals surface area contributed by atoms with E-state index in [1.165, 1.54) is 25.7 Å². The van der Waals surface area contributed by atoms with Gasteiger partial charge in [-0.25, -0.2) is 0 Å². The Morgan fingerprint density at radius 1 is 1.00 bits per heavy atom. The number of hydrogen-bond donors (Lipinski definition) is 0. The Labute approximate surface area is 90.1 Å². The van der Waals surface area contributed by atoms with Gasteiger partial charge >= 0.3 is 0 Å². The molecule has 0 N–H and O–H groups in total. The predicted octanol–water partition coefficient (Wildman–Crippen LogP) is 4.93. The summed E-state index contributed by atoms with van der Waals surface area (Å²) in [6.07, 6.45) is 13.6. The van der Waals surface area contributed by atoms with Crippen molar-refractivity contribution in [2.75, 3.05) is 0 Å². The fraction of sp³-hybridized carbons (Fsp3) is 0.643. The van der Waals surface area contributed by atoms with Gasteiger partial charge in [0.25, 0.3) is 0 Å². The Morgan fingerprint density at radius 3 is 1.93 bits per heavy atom. The summed E-state index contributed by atoms with van der Waals surface area (Å²) in [4.78, 5) is 0. The Balaban J connectivity index is 4.16. The van der Waals surface area contributed by atoms with E-state index in [-0.39, 0.29) is 0 Å². The van der Waals surface area contributed by atoms with Crippen LogP contribution in [0.25, 0.3) is 0 Å². The first-order valence-corrected chi connectivity index (χ1v) is 5.78. The molecule has 0 heterocycles. The molecule has 0 aromatic heterocycles. The van der Waals surface area contributed by atoms with E-state index in [4.69, 9.17) is 0 Å². The molecule has 81 valence electrons. The van der Waals surface area contributed by atoms with Crippen molar-refractivity contribution in [2.45, 2.75) is 52.4 Å². The van der Waals surface area contributed by atoms with Gasteiger partial charge in [-0.3, -0.25) is 0 Å². The smallest absolute Gasteiger partial charge is 0.0229 e. The molecule has 0 rings (SSSR count). The van der Waals surface area contributed by atoms with Gasteiger partial charge in [-0.15, -0.1) is 13.2 Å². The minimum absolute atomic E-state index is 0.401. The fourth-order valence-electron chi connectivity index (χ4n) is 1.91. The van der Waals surface area contributed by atoms with Gasteiger partial charge < -0.3 is 0 Å². The fourth-order valence-corrected chi connectivity index (χ4v) is 1.91. The lowest BCUT2D eigenvalue weighted by Crippen LogP contribution is -2.18. The molecule has 0 saturated heterocycles. The van der Waals surface area contributed by atoms with Gasteiger partial charge in [-0.2, -0.15) is 0 Å². The van der Waals surface area contributed by atoms with E-state index in [1.54, 1.807) is 0 Å². The maximum Gasteiger partial charge on any atom is -0.0229 e. The van der Waals surface area contributed by atoms with Gasteiger partial charge in [0.05, 0.1) is 0 Å². The first-order chi connectivity index (χ1) is 6.74. The third kappa shape index (κ3) is 4.64. The van der Waals surface area contributed by atoms with E-state index in [9.17, 15) is 0 Å². The molecule has 0 nitrogen and oxygen atoms in total. The molecule has 1 radical (unpaired) electrons. The minimum Gasteiger partial charge on any atom is -0.103 e. The zero-order chi connectivity index (χ0) is 10.9. The van der Waals surface area contributed by atoms with E-state index >= 15 is 0 Å². The van der Waals surface area contributed by atoms with E-state index in [0.29, 0.717) is 5.41 Å². The van der Waals surface area contributed by atoms with Gasteiger partial charge in [0, 0.05) is 0 Å². The molecule has 14 heavy (non-hydrogen) atoms. The molecule has 0 amide bonds. The SMILES string of the molecule is C=CCC(CC)(C[CH]CCC)CC=C. The summed E-state index contributed by atoms with van der Waals surface area (Å²) in [7, 11) is 0. The van der Waals surface area contributed by atoms with Crippen LogP contribution in [0.5, 0.6) is 0 Å². The summed E-state index contributed by atoms with van der Waals surface area (Å²) >= 11 is 0. The van der Waals surface area contributed by atoms with E-state index in [0.717, 1.165) is 12.8 Å². The van der Waals surface area contributed by atoms with Crippen molar-refractivity contribution in [3.05, 3.63) is 31.7 Å². The maximum absolute atomic E-state index is 3.86. The highest BCUT2D eigenvalue weighted by molar-refractivity contribution is 4.93. The van der Waals surface area contributed by atoms with Gasteiger partial charge in [0.15, 0.2) is 0 Å². The Morgan fingerprint density at radius 2 is 1.57 bits per heavy atom. The zero-order valence-corrected chi connectivity index (χ0v) is 9.89. The lowest BCUT2D eigenvalue weighted by Gasteiger charge is -2.30. The highest BCUT2D eigenvalue weighted by Gasteiger charge is 2.24. The second-order valence-corrected chi connectivity index (χ2v) is 4.12. The van der Waals surface area contributed by atoms with Crippen LogP contribution >= 0.6 is 0 Å². The molecule has 0 aliphatic rings. The quantitative estimate of drug-likeness (QED) is 0.360. The second-order valence-electron chi connectivity index (χ2n) is 4.12. The monoisotopic (exact) mass is 193 g/mol. The molecule has 0 aromatic carbocycles. The first kappa shape index (κ1) is 13.5. The van der Waals surface area contributed by atoms with E-state index in [1.807, 2.05) is 12.2 Å². The van der Waals surface area contributed by atoms with Crippen molar-refractivity contribution in [2.24, 2.45) is 5.41 Å². The average Bonchev–Trinajstić information content (AvgIpc) is 2.19. The Hall–Kier alpha value is -0.520. The van der Waals surface area contributed by atoms with Crippen molar-refractivity contribution in [3.63, 3.8) is 0 Å². The summed E-state index contributed by atoms with van der Waals surface area (Å²) < 4.78 is 0. The molecule has 0 atom stereocenters. The number of hydrogen-bond acceptors (Lipinski definition) is 0. The van der Waals surface area contributed by atoms with Crippen molar-refractivity contribution in [1.29, 1.82) is 0 Å². The molecule has 0 aromatic rings. The first-order valence-electron chi connectivity index (χ1n) is 5.78. The van der Waals surface area contributed by atoms with Crippen LogP contribution in [0.15, 0.2) is 25.3 Å². The molecule has 0 aliphatic heterocycles.